The van der Waals surface area contributed by atoms with E-state index in [9.17, 15) is 0 Å². The number of aromatic nitrogens is 3. The first-order valence-electron chi connectivity index (χ1n) is 5.92. The lowest BCUT2D eigenvalue weighted by molar-refractivity contribution is 0.281. The van der Waals surface area contributed by atoms with Gasteiger partial charge in [0.1, 0.15) is 17.8 Å². The highest BCUT2D eigenvalue weighted by Gasteiger charge is 2.03. The van der Waals surface area contributed by atoms with Crippen LogP contribution in [0.3, 0.4) is 0 Å². The molecule has 0 saturated heterocycles. The molecule has 100 valence electrons. The molecule has 0 N–H and O–H groups in total. The molecule has 0 aliphatic heterocycles. The van der Waals surface area contributed by atoms with Gasteiger partial charge in [0.2, 0.25) is 5.88 Å². The van der Waals surface area contributed by atoms with E-state index < -0.39 is 0 Å². The number of pyridine rings is 1. The molecule has 2 aromatic rings. The highest BCUT2D eigenvalue weighted by Crippen LogP contribution is 2.13. The van der Waals surface area contributed by atoms with E-state index in [-0.39, 0.29) is 6.54 Å². The molecule has 0 atom stereocenters. The number of hydrogen-bond acceptors (Lipinski definition) is 4. The lowest BCUT2D eigenvalue weighted by Gasteiger charge is -2.06. The van der Waals surface area contributed by atoms with Gasteiger partial charge in [0.15, 0.2) is 0 Å². The molecule has 2 rings (SSSR count). The third-order valence-electron chi connectivity index (χ3n) is 2.08. The van der Waals surface area contributed by atoms with Crippen LogP contribution in [0.2, 0.25) is 0 Å². The average Bonchev–Trinajstić information content (AvgIpc) is 2.87. The predicted molar refractivity (Wildman–Crippen MR) is 75.5 cm³/mol. The molecule has 19 heavy (non-hydrogen) atoms. The Labute approximate surface area is 121 Å². The largest absolute Gasteiger partial charge is 0.471 e. The van der Waals surface area contributed by atoms with Gasteiger partial charge in [-0.1, -0.05) is 19.9 Å². The van der Waals surface area contributed by atoms with Crippen LogP contribution >= 0.6 is 15.9 Å². The molecule has 0 amide bonds. The average molecular weight is 323 g/mol. The fraction of sp³-hybridized carbons (Fsp3) is 0.308. The van der Waals surface area contributed by atoms with E-state index in [0.717, 1.165) is 10.3 Å². The first-order valence-corrected chi connectivity index (χ1v) is 6.72. The van der Waals surface area contributed by atoms with Gasteiger partial charge >= 0.3 is 0 Å². The summed E-state index contributed by atoms with van der Waals surface area (Å²) in [5.41, 5.74) is 0.841. The van der Waals surface area contributed by atoms with Crippen molar-refractivity contribution < 1.29 is 4.74 Å². The molecule has 0 unspecified atom stereocenters. The van der Waals surface area contributed by atoms with Crippen molar-refractivity contribution in [2.75, 3.05) is 0 Å². The number of ether oxygens (including phenoxy) is 1. The lowest BCUT2D eigenvalue weighted by Crippen LogP contribution is -2.07. The molecule has 5 nitrogen and oxygen atoms in total. The van der Waals surface area contributed by atoms with E-state index in [1.54, 1.807) is 16.9 Å². The maximum Gasteiger partial charge on any atom is 0.214 e. The Kier molecular flexibility index (Phi) is 6.61. The molecule has 0 fully saturated rings. The van der Waals surface area contributed by atoms with Crippen LogP contribution in [0.25, 0.3) is 0 Å². The highest BCUT2D eigenvalue weighted by atomic mass is 79.9. The normalized spacial score (nSPS) is 9.16. The molecule has 0 radical (unpaired) electrons. The summed E-state index contributed by atoms with van der Waals surface area (Å²) in [6.45, 7) is 4.56. The molecule has 6 heteroatoms. The SMILES string of the molecule is CC.N#CCn1nccc1COc1cccc(Br)n1. The van der Waals surface area contributed by atoms with E-state index in [1.807, 2.05) is 38.1 Å². The van der Waals surface area contributed by atoms with Crippen LogP contribution in [0.4, 0.5) is 0 Å². The van der Waals surface area contributed by atoms with Crippen LogP contribution in [0.1, 0.15) is 19.5 Å². The van der Waals surface area contributed by atoms with Crippen LogP contribution in [-0.2, 0) is 13.2 Å². The van der Waals surface area contributed by atoms with Gasteiger partial charge in [0.05, 0.1) is 11.8 Å². The minimum absolute atomic E-state index is 0.220. The van der Waals surface area contributed by atoms with Gasteiger partial charge in [-0.05, 0) is 28.1 Å². The molecular weight excluding hydrogens is 308 g/mol. The number of nitriles is 1. The zero-order chi connectivity index (χ0) is 14.1. The van der Waals surface area contributed by atoms with Gasteiger partial charge in [-0.2, -0.15) is 10.4 Å². The molecular formula is C13H15BrN4O. The monoisotopic (exact) mass is 322 g/mol. The molecule has 0 bridgehead atoms. The standard InChI is InChI=1S/C11H9BrN4O.C2H6/c12-10-2-1-3-11(15-10)17-8-9-4-6-14-16(9)7-5-13;1-2/h1-4,6H,7-8H2;1-2H3. The number of rotatable bonds is 4. The molecule has 0 saturated carbocycles. The second kappa shape index (κ2) is 8.27. The molecule has 0 aromatic carbocycles. The zero-order valence-electron chi connectivity index (χ0n) is 10.9. The van der Waals surface area contributed by atoms with Crippen molar-refractivity contribution >= 4 is 15.9 Å². The third-order valence-corrected chi connectivity index (χ3v) is 2.52. The Morgan fingerprint density at radius 2 is 2.16 bits per heavy atom. The molecule has 0 aliphatic carbocycles. The van der Waals surface area contributed by atoms with Gasteiger partial charge in [0, 0.05) is 12.3 Å². The summed E-state index contributed by atoms with van der Waals surface area (Å²) in [6, 6.07) is 9.30. The number of nitrogens with zero attached hydrogens (tertiary/aromatic N) is 4. The molecule has 0 aliphatic rings. The summed E-state index contributed by atoms with van der Waals surface area (Å²) >= 11 is 3.27. The zero-order valence-corrected chi connectivity index (χ0v) is 12.5. The van der Waals surface area contributed by atoms with Crippen molar-refractivity contribution in [3.8, 4) is 11.9 Å². The van der Waals surface area contributed by atoms with Crippen molar-refractivity contribution in [1.82, 2.24) is 14.8 Å². The summed E-state index contributed by atoms with van der Waals surface area (Å²) in [4.78, 5) is 4.15. The van der Waals surface area contributed by atoms with Gasteiger partial charge in [-0.3, -0.25) is 4.68 Å². The summed E-state index contributed by atoms with van der Waals surface area (Å²) < 4.78 is 7.82. The topological polar surface area (TPSA) is 63.7 Å². The molecule has 2 heterocycles. The summed E-state index contributed by atoms with van der Waals surface area (Å²) in [5.74, 6) is 0.532. The quantitative estimate of drug-likeness (QED) is 0.811. The smallest absolute Gasteiger partial charge is 0.214 e. The van der Waals surface area contributed by atoms with Crippen LogP contribution in [0, 0.1) is 11.3 Å². The maximum atomic E-state index is 8.61. The van der Waals surface area contributed by atoms with Gasteiger partial charge in [-0.25, -0.2) is 4.98 Å². The van der Waals surface area contributed by atoms with E-state index >= 15 is 0 Å². The maximum absolute atomic E-state index is 8.61. The van der Waals surface area contributed by atoms with Crippen molar-refractivity contribution in [3.05, 3.63) is 40.8 Å². The fourth-order valence-corrected chi connectivity index (χ4v) is 1.64. The van der Waals surface area contributed by atoms with Crippen molar-refractivity contribution in [2.24, 2.45) is 0 Å². The van der Waals surface area contributed by atoms with Crippen LogP contribution in [0.5, 0.6) is 5.88 Å². The third kappa shape index (κ3) is 4.72. The van der Waals surface area contributed by atoms with Gasteiger partial charge in [-0.15, -0.1) is 0 Å². The van der Waals surface area contributed by atoms with Crippen molar-refractivity contribution in [3.63, 3.8) is 0 Å². The first kappa shape index (κ1) is 15.2. The molecule has 2 aromatic heterocycles. The Hall–Kier alpha value is -1.87. The number of halogens is 1. The number of hydrogen-bond donors (Lipinski definition) is 0. The molecule has 0 spiro atoms. The van der Waals surface area contributed by atoms with Crippen LogP contribution < -0.4 is 4.74 Å². The van der Waals surface area contributed by atoms with E-state index in [2.05, 4.69) is 26.0 Å². The second-order valence-corrected chi connectivity index (χ2v) is 4.04. The van der Waals surface area contributed by atoms with E-state index in [0.29, 0.717) is 12.5 Å². The van der Waals surface area contributed by atoms with Crippen molar-refractivity contribution in [1.29, 1.82) is 5.26 Å². The second-order valence-electron chi connectivity index (χ2n) is 3.23. The first-order chi connectivity index (χ1) is 9.29. The van der Waals surface area contributed by atoms with Gasteiger partial charge in [0.25, 0.3) is 0 Å². The van der Waals surface area contributed by atoms with Crippen LogP contribution in [0.15, 0.2) is 35.1 Å². The predicted octanol–water partition coefficient (Wildman–Crippen LogP) is 3.17. The highest BCUT2D eigenvalue weighted by molar-refractivity contribution is 9.10. The minimum atomic E-state index is 0.220. The lowest BCUT2D eigenvalue weighted by atomic mass is 10.4. The Morgan fingerprint density at radius 1 is 1.37 bits per heavy atom. The van der Waals surface area contributed by atoms with Gasteiger partial charge < -0.3 is 4.74 Å². The summed E-state index contributed by atoms with van der Waals surface area (Å²) in [6.07, 6.45) is 1.64. The Balaban J connectivity index is 0.000000861. The Bertz CT molecular complexity index is 548. The minimum Gasteiger partial charge on any atom is -0.471 e. The fourth-order valence-electron chi connectivity index (χ4n) is 1.31. The Morgan fingerprint density at radius 3 is 2.84 bits per heavy atom. The van der Waals surface area contributed by atoms with E-state index in [4.69, 9.17) is 10.00 Å². The summed E-state index contributed by atoms with van der Waals surface area (Å²) in [7, 11) is 0. The summed E-state index contributed by atoms with van der Waals surface area (Å²) in [5, 5.41) is 12.6. The van der Waals surface area contributed by atoms with Crippen LogP contribution in [-0.4, -0.2) is 14.8 Å². The van der Waals surface area contributed by atoms with E-state index in [1.165, 1.54) is 0 Å². The van der Waals surface area contributed by atoms with Crippen molar-refractivity contribution in [2.45, 2.75) is 27.0 Å².